The van der Waals surface area contributed by atoms with Crippen LogP contribution >= 0.6 is 11.6 Å². The number of ether oxygens (including phenoxy) is 1. The molecule has 1 aromatic rings. The van der Waals surface area contributed by atoms with Crippen molar-refractivity contribution in [3.05, 3.63) is 35.9 Å². The number of halogens is 1. The van der Waals surface area contributed by atoms with Crippen LogP contribution in [0.2, 0.25) is 0 Å². The van der Waals surface area contributed by atoms with Gasteiger partial charge in [0.2, 0.25) is 0 Å². The van der Waals surface area contributed by atoms with Gasteiger partial charge in [0.15, 0.2) is 0 Å². The van der Waals surface area contributed by atoms with Gasteiger partial charge < -0.3 is 4.74 Å². The molecule has 1 aromatic carbocycles. The molecule has 1 N–H and O–H groups in total. The number of hydroxylamine groups is 2. The van der Waals surface area contributed by atoms with Crippen molar-refractivity contribution in [2.75, 3.05) is 6.61 Å². The van der Waals surface area contributed by atoms with E-state index in [-0.39, 0.29) is 17.1 Å². The van der Waals surface area contributed by atoms with Gasteiger partial charge in [-0.15, -0.1) is 11.6 Å². The summed E-state index contributed by atoms with van der Waals surface area (Å²) in [5, 5.41) is 5.46. The van der Waals surface area contributed by atoms with E-state index in [4.69, 9.17) is 21.2 Å². The zero-order chi connectivity index (χ0) is 17.1. The predicted octanol–water partition coefficient (Wildman–Crippen LogP) is 3.82. The van der Waals surface area contributed by atoms with E-state index >= 15 is 0 Å². The molecule has 128 valence electrons. The summed E-state index contributed by atoms with van der Waals surface area (Å²) in [6.45, 7) is 13.1. The summed E-state index contributed by atoms with van der Waals surface area (Å²) in [5.41, 5.74) is 0.704. The van der Waals surface area contributed by atoms with Crippen molar-refractivity contribution in [2.24, 2.45) is 0 Å². The molecule has 2 heterocycles. The fourth-order valence-corrected chi connectivity index (χ4v) is 3.75. The van der Waals surface area contributed by atoms with Crippen LogP contribution in [-0.2, 0) is 9.57 Å². The van der Waals surface area contributed by atoms with E-state index < -0.39 is 10.8 Å². The van der Waals surface area contributed by atoms with E-state index in [1.165, 1.54) is 0 Å². The van der Waals surface area contributed by atoms with Gasteiger partial charge >= 0.3 is 0 Å². The first-order valence-electron chi connectivity index (χ1n) is 8.14. The molecule has 0 bridgehead atoms. The van der Waals surface area contributed by atoms with Crippen LogP contribution in [0.1, 0.15) is 53.1 Å². The fraction of sp³-hybridized carbons (Fsp3) is 0.667. The van der Waals surface area contributed by atoms with Crippen LogP contribution in [-0.4, -0.2) is 33.5 Å². The summed E-state index contributed by atoms with van der Waals surface area (Å²) >= 11 is 7.11. The van der Waals surface area contributed by atoms with E-state index in [1.54, 1.807) is 0 Å². The van der Waals surface area contributed by atoms with Crippen LogP contribution < -0.4 is 5.32 Å². The smallest absolute Gasteiger partial charge is 0.267 e. The number of benzene rings is 1. The Bertz CT molecular complexity index is 582. The Morgan fingerprint density at radius 2 is 1.78 bits per heavy atom. The maximum atomic E-state index is 7.11. The van der Waals surface area contributed by atoms with E-state index in [9.17, 15) is 0 Å². The minimum atomic E-state index is -1.04. The molecule has 2 fully saturated rings. The number of alkyl halides is 1. The molecule has 0 aliphatic carbocycles. The Labute approximate surface area is 144 Å². The number of rotatable bonds is 1. The van der Waals surface area contributed by atoms with Gasteiger partial charge in [0.25, 0.3) is 5.91 Å². The first kappa shape index (κ1) is 17.2. The predicted molar refractivity (Wildman–Crippen MR) is 92.0 cm³/mol. The van der Waals surface area contributed by atoms with Gasteiger partial charge in [-0.3, -0.25) is 5.32 Å². The highest BCUT2D eigenvalue weighted by Gasteiger charge is 2.69. The molecule has 5 heteroatoms. The van der Waals surface area contributed by atoms with Gasteiger partial charge in [-0.25, -0.2) is 4.84 Å². The van der Waals surface area contributed by atoms with Crippen LogP contribution in [0.3, 0.4) is 0 Å². The van der Waals surface area contributed by atoms with Crippen LogP contribution in [0.25, 0.3) is 0 Å². The third kappa shape index (κ3) is 2.71. The number of hydrogen-bond acceptors (Lipinski definition) is 4. The van der Waals surface area contributed by atoms with Gasteiger partial charge in [0.1, 0.15) is 4.87 Å². The topological polar surface area (TPSA) is 33.7 Å². The van der Waals surface area contributed by atoms with E-state index in [1.807, 2.05) is 30.2 Å². The quantitative estimate of drug-likeness (QED) is 0.789. The van der Waals surface area contributed by atoms with Crippen molar-refractivity contribution < 1.29 is 9.57 Å². The molecule has 1 spiro atoms. The molecule has 0 saturated carbocycles. The Morgan fingerprint density at radius 3 is 2.26 bits per heavy atom. The van der Waals surface area contributed by atoms with Gasteiger partial charge in [0.05, 0.1) is 12.6 Å². The Hall–Kier alpha value is -0.650. The number of hydrogen-bond donors (Lipinski definition) is 1. The van der Waals surface area contributed by atoms with Crippen molar-refractivity contribution in [3.63, 3.8) is 0 Å². The molecule has 0 radical (unpaired) electrons. The van der Waals surface area contributed by atoms with Crippen LogP contribution in [0, 0.1) is 0 Å². The zero-order valence-corrected chi connectivity index (χ0v) is 15.6. The van der Waals surface area contributed by atoms with Gasteiger partial charge in [-0.2, -0.15) is 5.06 Å². The summed E-state index contributed by atoms with van der Waals surface area (Å²) in [6, 6.07) is 10.1. The lowest BCUT2D eigenvalue weighted by atomic mass is 9.89. The molecule has 3 atom stereocenters. The minimum Gasteiger partial charge on any atom is -0.333 e. The number of nitrogens with one attached hydrogen (secondary N) is 1. The number of nitrogens with zero attached hydrogens (tertiary/aromatic N) is 1. The maximum absolute atomic E-state index is 7.11. The molecule has 2 aliphatic heterocycles. The summed E-state index contributed by atoms with van der Waals surface area (Å²) in [4.78, 5) is 5.58. The Balaban J connectivity index is 2.09. The highest BCUT2D eigenvalue weighted by molar-refractivity contribution is 6.25. The second kappa shape index (κ2) is 5.17. The summed E-state index contributed by atoms with van der Waals surface area (Å²) in [7, 11) is 0. The first-order valence-corrected chi connectivity index (χ1v) is 8.52. The highest BCUT2D eigenvalue weighted by atomic mass is 35.5. The van der Waals surface area contributed by atoms with Crippen molar-refractivity contribution in [1.82, 2.24) is 10.4 Å². The minimum absolute atomic E-state index is 0.133. The molecular formula is C18H27ClN2O2. The molecular weight excluding hydrogens is 312 g/mol. The molecule has 0 aromatic heterocycles. The average molecular weight is 339 g/mol. The maximum Gasteiger partial charge on any atom is 0.267 e. The average Bonchev–Trinajstić information content (AvgIpc) is 2.86. The zero-order valence-electron chi connectivity index (χ0n) is 14.8. The molecule has 2 aliphatic rings. The van der Waals surface area contributed by atoms with Crippen LogP contribution in [0.4, 0.5) is 0 Å². The third-order valence-electron chi connectivity index (χ3n) is 4.53. The van der Waals surface area contributed by atoms with Crippen molar-refractivity contribution in [3.8, 4) is 0 Å². The van der Waals surface area contributed by atoms with E-state index in [0.29, 0.717) is 6.61 Å². The second-order valence-electron chi connectivity index (χ2n) is 8.39. The largest absolute Gasteiger partial charge is 0.333 e. The van der Waals surface area contributed by atoms with Crippen LogP contribution in [0.5, 0.6) is 0 Å². The Morgan fingerprint density at radius 1 is 1.17 bits per heavy atom. The third-order valence-corrected chi connectivity index (χ3v) is 4.99. The van der Waals surface area contributed by atoms with Crippen molar-refractivity contribution in [1.29, 1.82) is 0 Å². The van der Waals surface area contributed by atoms with Gasteiger partial charge in [-0.05, 0) is 47.1 Å². The van der Waals surface area contributed by atoms with E-state index in [2.05, 4.69) is 52.1 Å². The fourth-order valence-electron chi connectivity index (χ4n) is 3.40. The van der Waals surface area contributed by atoms with E-state index in [0.717, 1.165) is 5.56 Å². The van der Waals surface area contributed by atoms with Gasteiger partial charge in [-0.1, -0.05) is 30.3 Å². The highest BCUT2D eigenvalue weighted by Crippen LogP contribution is 2.56. The SMILES string of the molecule is CC1(C)CO[C@]2(N1)ON(C(C)(C)C)[C@@H](c1ccccc1)[C@]2(C)Cl. The molecule has 0 amide bonds. The van der Waals surface area contributed by atoms with Crippen LogP contribution in [0.15, 0.2) is 30.3 Å². The molecule has 23 heavy (non-hydrogen) atoms. The normalized spacial score (nSPS) is 37.6. The Kier molecular flexibility index (Phi) is 3.86. The first-order chi connectivity index (χ1) is 10.5. The molecule has 2 saturated heterocycles. The van der Waals surface area contributed by atoms with Crippen molar-refractivity contribution in [2.45, 2.75) is 69.4 Å². The lowest BCUT2D eigenvalue weighted by Crippen LogP contribution is -2.59. The molecule has 0 unspecified atom stereocenters. The summed E-state index contributed by atoms with van der Waals surface area (Å²) in [5.74, 6) is -1.04. The van der Waals surface area contributed by atoms with Crippen molar-refractivity contribution >= 4 is 11.6 Å². The standard InChI is InChI=1S/C18H27ClN2O2/c1-15(2,3)21-14(13-10-8-7-9-11-13)17(6,19)18(23-21)20-16(4,5)12-22-18/h7-11,14,20H,12H2,1-6H3/t14-,17-,18-/m0/s1. The monoisotopic (exact) mass is 338 g/mol. The van der Waals surface area contributed by atoms with Gasteiger partial charge in [0, 0.05) is 11.1 Å². The molecule has 3 rings (SSSR count). The summed E-state index contributed by atoms with van der Waals surface area (Å²) < 4.78 is 6.10. The summed E-state index contributed by atoms with van der Waals surface area (Å²) in [6.07, 6.45) is 0. The lowest BCUT2D eigenvalue weighted by Gasteiger charge is -2.36. The lowest BCUT2D eigenvalue weighted by molar-refractivity contribution is -0.325. The second-order valence-corrected chi connectivity index (χ2v) is 9.18. The molecule has 4 nitrogen and oxygen atoms in total.